The molecule has 0 saturated heterocycles. The Balaban J connectivity index is 2.24. The van der Waals surface area contributed by atoms with Crippen LogP contribution < -0.4 is 5.32 Å². The number of amides is 1. The number of benzene rings is 1. The zero-order chi connectivity index (χ0) is 18.8. The predicted molar refractivity (Wildman–Crippen MR) is 92.8 cm³/mol. The van der Waals surface area contributed by atoms with Crippen molar-refractivity contribution in [3.63, 3.8) is 0 Å². The van der Waals surface area contributed by atoms with Crippen LogP contribution in [0.2, 0.25) is 0 Å². The van der Waals surface area contributed by atoms with E-state index in [-0.39, 0.29) is 22.9 Å². The lowest BCUT2D eigenvalue weighted by molar-refractivity contribution is -0.139. The molecule has 0 spiro atoms. The molecule has 1 aliphatic rings. The van der Waals surface area contributed by atoms with Crippen molar-refractivity contribution in [1.82, 2.24) is 9.62 Å². The number of sulfonamides is 1. The third kappa shape index (κ3) is 4.19. The van der Waals surface area contributed by atoms with Crippen molar-refractivity contribution in [3.05, 3.63) is 29.8 Å². The first kappa shape index (κ1) is 19.4. The normalized spacial score (nSPS) is 16.5. The fourth-order valence-corrected chi connectivity index (χ4v) is 4.21. The summed E-state index contributed by atoms with van der Waals surface area (Å²) in [6.07, 6.45) is 1.95. The van der Waals surface area contributed by atoms with Gasteiger partial charge >= 0.3 is 5.97 Å². The number of hydrogen-bond donors (Lipinski definition) is 2. The molecule has 0 heterocycles. The Morgan fingerprint density at radius 3 is 2.44 bits per heavy atom. The number of aliphatic carboxylic acids is 1. The third-order valence-corrected chi connectivity index (χ3v) is 6.71. The molecule has 0 aliphatic heterocycles. The lowest BCUT2D eigenvalue weighted by atomic mass is 9.74. The smallest absolute Gasteiger partial charge is 0.305 e. The molecule has 0 aromatic heterocycles. The fourth-order valence-electron chi connectivity index (χ4n) is 2.79. The van der Waals surface area contributed by atoms with Gasteiger partial charge in [0.25, 0.3) is 5.91 Å². The van der Waals surface area contributed by atoms with Gasteiger partial charge in [0.05, 0.1) is 16.9 Å². The number of carbonyl (C=O) groups is 2. The van der Waals surface area contributed by atoms with Gasteiger partial charge < -0.3 is 10.4 Å². The number of carboxylic acids is 1. The average molecular weight is 368 g/mol. The molecular formula is C17H24N2O5S. The zero-order valence-corrected chi connectivity index (χ0v) is 15.5. The molecule has 2 N–H and O–H groups in total. The van der Waals surface area contributed by atoms with Crippen molar-refractivity contribution in [2.45, 2.75) is 56.0 Å². The predicted octanol–water partition coefficient (Wildman–Crippen LogP) is 1.84. The molecule has 138 valence electrons. The number of nitrogens with one attached hydrogen (secondary N) is 1. The van der Waals surface area contributed by atoms with Crippen LogP contribution in [0.4, 0.5) is 0 Å². The largest absolute Gasteiger partial charge is 0.481 e. The maximum Gasteiger partial charge on any atom is 0.305 e. The van der Waals surface area contributed by atoms with Gasteiger partial charge in [-0.1, -0.05) is 6.07 Å². The van der Waals surface area contributed by atoms with E-state index >= 15 is 0 Å². The van der Waals surface area contributed by atoms with Crippen molar-refractivity contribution >= 4 is 21.9 Å². The Hall–Kier alpha value is -1.93. The molecule has 0 atom stereocenters. The molecule has 0 bridgehead atoms. The van der Waals surface area contributed by atoms with Crippen LogP contribution in [0.3, 0.4) is 0 Å². The fraction of sp³-hybridized carbons (Fsp3) is 0.529. The molecule has 8 heteroatoms. The molecule has 0 unspecified atom stereocenters. The van der Waals surface area contributed by atoms with E-state index in [2.05, 4.69) is 5.32 Å². The van der Waals surface area contributed by atoms with Gasteiger partial charge in [0.2, 0.25) is 10.0 Å². The minimum absolute atomic E-state index is 0.0391. The second-order valence-electron chi connectivity index (χ2n) is 6.80. The highest BCUT2D eigenvalue weighted by Crippen LogP contribution is 2.35. The second-order valence-corrected chi connectivity index (χ2v) is 8.80. The van der Waals surface area contributed by atoms with E-state index in [9.17, 15) is 18.0 Å². The molecule has 1 aromatic carbocycles. The molecule has 0 radical (unpaired) electrons. The summed E-state index contributed by atoms with van der Waals surface area (Å²) in [5, 5.41) is 11.8. The third-order valence-electron chi connectivity index (χ3n) is 4.68. The Labute approximate surface area is 148 Å². The number of carbonyl (C=O) groups excluding carboxylic acids is 1. The number of rotatable bonds is 7. The summed E-state index contributed by atoms with van der Waals surface area (Å²) >= 11 is 0. The standard InChI is InChI=1S/C17H24N2O5S/c1-12(2)19(3)25(23,24)14-7-4-6-13(10-14)16(22)18-17(8-5-9-17)11-15(20)21/h4,6-7,10,12H,5,8-9,11H2,1-3H3,(H,18,22)(H,20,21). The van der Waals surface area contributed by atoms with E-state index < -0.39 is 27.4 Å². The van der Waals surface area contributed by atoms with Crippen molar-refractivity contribution in [1.29, 1.82) is 0 Å². The number of carboxylic acid groups (broad SMARTS) is 1. The van der Waals surface area contributed by atoms with Gasteiger partial charge in [-0.05, 0) is 51.3 Å². The molecule has 1 aliphatic carbocycles. The van der Waals surface area contributed by atoms with E-state index in [0.29, 0.717) is 12.8 Å². The summed E-state index contributed by atoms with van der Waals surface area (Å²) in [7, 11) is -2.20. The first-order valence-corrected chi connectivity index (χ1v) is 9.64. The van der Waals surface area contributed by atoms with Crippen LogP contribution in [0, 0.1) is 0 Å². The first-order valence-electron chi connectivity index (χ1n) is 8.20. The quantitative estimate of drug-likeness (QED) is 0.764. The minimum atomic E-state index is -3.69. The highest BCUT2D eigenvalue weighted by atomic mass is 32.2. The van der Waals surface area contributed by atoms with Gasteiger partial charge in [-0.3, -0.25) is 9.59 Å². The van der Waals surface area contributed by atoms with Gasteiger partial charge in [0, 0.05) is 18.7 Å². The Bertz CT molecular complexity index is 769. The van der Waals surface area contributed by atoms with E-state index in [1.807, 2.05) is 0 Å². The molecular weight excluding hydrogens is 344 g/mol. The molecule has 1 amide bonds. The molecule has 25 heavy (non-hydrogen) atoms. The maximum atomic E-state index is 12.6. The van der Waals surface area contributed by atoms with Gasteiger partial charge in [0.1, 0.15) is 0 Å². The Morgan fingerprint density at radius 2 is 1.96 bits per heavy atom. The average Bonchev–Trinajstić information content (AvgIpc) is 2.51. The number of nitrogens with zero attached hydrogens (tertiary/aromatic N) is 1. The van der Waals surface area contributed by atoms with Crippen LogP contribution in [0.1, 0.15) is 49.9 Å². The van der Waals surface area contributed by atoms with Gasteiger partial charge in [-0.15, -0.1) is 0 Å². The lowest BCUT2D eigenvalue weighted by Gasteiger charge is -2.41. The second kappa shape index (κ2) is 7.13. The van der Waals surface area contributed by atoms with Crippen molar-refractivity contribution in [3.8, 4) is 0 Å². The maximum absolute atomic E-state index is 12.6. The molecule has 2 rings (SSSR count). The van der Waals surface area contributed by atoms with Gasteiger partial charge in [-0.25, -0.2) is 8.42 Å². The van der Waals surface area contributed by atoms with E-state index in [1.54, 1.807) is 13.8 Å². The summed E-state index contributed by atoms with van der Waals surface area (Å²) in [5.41, 5.74) is -0.526. The molecule has 1 saturated carbocycles. The summed E-state index contributed by atoms with van der Waals surface area (Å²) < 4.78 is 26.4. The number of hydrogen-bond acceptors (Lipinski definition) is 4. The monoisotopic (exact) mass is 368 g/mol. The van der Waals surface area contributed by atoms with Crippen LogP contribution in [0.15, 0.2) is 29.2 Å². The molecule has 1 fully saturated rings. The topological polar surface area (TPSA) is 104 Å². The minimum Gasteiger partial charge on any atom is -0.481 e. The first-order chi connectivity index (χ1) is 11.6. The van der Waals surface area contributed by atoms with Crippen LogP contribution >= 0.6 is 0 Å². The van der Waals surface area contributed by atoms with Crippen molar-refractivity contribution < 1.29 is 23.1 Å². The van der Waals surface area contributed by atoms with Crippen LogP contribution in [0.25, 0.3) is 0 Å². The highest BCUT2D eigenvalue weighted by molar-refractivity contribution is 7.89. The molecule has 7 nitrogen and oxygen atoms in total. The van der Waals surface area contributed by atoms with Crippen molar-refractivity contribution in [2.75, 3.05) is 7.05 Å². The van der Waals surface area contributed by atoms with E-state index in [0.717, 1.165) is 6.42 Å². The van der Waals surface area contributed by atoms with Gasteiger partial charge in [-0.2, -0.15) is 4.31 Å². The Morgan fingerprint density at radius 1 is 1.32 bits per heavy atom. The van der Waals surface area contributed by atoms with Crippen LogP contribution in [-0.2, 0) is 14.8 Å². The lowest BCUT2D eigenvalue weighted by Crippen LogP contribution is -2.54. The van der Waals surface area contributed by atoms with Crippen molar-refractivity contribution in [2.24, 2.45) is 0 Å². The van der Waals surface area contributed by atoms with Gasteiger partial charge in [0.15, 0.2) is 0 Å². The molecule has 1 aromatic rings. The zero-order valence-electron chi connectivity index (χ0n) is 14.7. The highest BCUT2D eigenvalue weighted by Gasteiger charge is 2.40. The van der Waals surface area contributed by atoms with E-state index in [1.165, 1.54) is 35.6 Å². The van der Waals surface area contributed by atoms with Crippen LogP contribution in [-0.4, -0.2) is 48.3 Å². The van der Waals surface area contributed by atoms with Crippen LogP contribution in [0.5, 0.6) is 0 Å². The summed E-state index contributed by atoms with van der Waals surface area (Å²) in [6, 6.07) is 5.60. The Kier molecular flexibility index (Phi) is 5.53. The summed E-state index contributed by atoms with van der Waals surface area (Å²) in [6.45, 7) is 3.53. The summed E-state index contributed by atoms with van der Waals surface area (Å²) in [4.78, 5) is 23.6. The van der Waals surface area contributed by atoms with E-state index in [4.69, 9.17) is 5.11 Å². The SMILES string of the molecule is CC(C)N(C)S(=O)(=O)c1cccc(C(=O)NC2(CC(=O)O)CCC2)c1. The summed E-state index contributed by atoms with van der Waals surface area (Å²) in [5.74, 6) is -1.42.